The molecule has 0 saturated heterocycles. The SMILES string of the molecule is C=CCSCCNCc1ccc(Br)s1. The minimum absolute atomic E-state index is 0.977. The Labute approximate surface area is 102 Å². The normalized spacial score (nSPS) is 10.4. The molecule has 1 nitrogen and oxygen atoms in total. The van der Waals surface area contributed by atoms with Crippen LogP contribution in [0.5, 0.6) is 0 Å². The molecule has 1 heterocycles. The minimum atomic E-state index is 0.977. The molecular weight excluding hydrogens is 278 g/mol. The summed E-state index contributed by atoms with van der Waals surface area (Å²) in [6.07, 6.45) is 1.95. The van der Waals surface area contributed by atoms with E-state index in [9.17, 15) is 0 Å². The highest BCUT2D eigenvalue weighted by Gasteiger charge is 1.96. The molecule has 1 aromatic rings. The summed E-state index contributed by atoms with van der Waals surface area (Å²) in [5, 5.41) is 3.41. The lowest BCUT2D eigenvalue weighted by atomic mass is 10.4. The van der Waals surface area contributed by atoms with Crippen LogP contribution < -0.4 is 5.32 Å². The summed E-state index contributed by atoms with van der Waals surface area (Å²) in [7, 11) is 0. The van der Waals surface area contributed by atoms with E-state index in [1.807, 2.05) is 17.8 Å². The third-order valence-electron chi connectivity index (χ3n) is 1.59. The smallest absolute Gasteiger partial charge is 0.0701 e. The topological polar surface area (TPSA) is 12.0 Å². The van der Waals surface area contributed by atoms with E-state index in [2.05, 4.69) is 40.0 Å². The van der Waals surface area contributed by atoms with Crippen molar-refractivity contribution in [2.45, 2.75) is 6.54 Å². The summed E-state index contributed by atoms with van der Waals surface area (Å²) < 4.78 is 1.20. The summed E-state index contributed by atoms with van der Waals surface area (Å²) in [6, 6.07) is 4.24. The lowest BCUT2D eigenvalue weighted by Gasteiger charge is -2.01. The van der Waals surface area contributed by atoms with Crippen LogP contribution in [-0.2, 0) is 6.54 Å². The maximum Gasteiger partial charge on any atom is 0.0701 e. The van der Waals surface area contributed by atoms with Crippen molar-refractivity contribution in [2.75, 3.05) is 18.1 Å². The van der Waals surface area contributed by atoms with Gasteiger partial charge in [0, 0.05) is 29.5 Å². The third-order valence-corrected chi connectivity index (χ3v) is 4.17. The molecule has 0 radical (unpaired) electrons. The number of thioether (sulfide) groups is 1. The van der Waals surface area contributed by atoms with Crippen LogP contribution in [0.3, 0.4) is 0 Å². The molecular formula is C10H14BrNS2. The molecule has 0 amide bonds. The molecule has 78 valence electrons. The first-order valence-electron chi connectivity index (χ1n) is 4.46. The quantitative estimate of drug-likeness (QED) is 0.609. The van der Waals surface area contributed by atoms with Gasteiger partial charge in [0.1, 0.15) is 0 Å². The second-order valence-electron chi connectivity index (χ2n) is 2.75. The molecule has 0 fully saturated rings. The Bertz CT molecular complexity index is 273. The lowest BCUT2D eigenvalue weighted by Crippen LogP contribution is -2.15. The lowest BCUT2D eigenvalue weighted by molar-refractivity contribution is 0.741. The van der Waals surface area contributed by atoms with Gasteiger partial charge < -0.3 is 5.32 Å². The molecule has 0 aliphatic heterocycles. The van der Waals surface area contributed by atoms with Crippen LogP contribution in [0.15, 0.2) is 28.6 Å². The highest BCUT2D eigenvalue weighted by atomic mass is 79.9. The first-order chi connectivity index (χ1) is 6.83. The van der Waals surface area contributed by atoms with Crippen molar-refractivity contribution < 1.29 is 0 Å². The number of halogens is 1. The molecule has 4 heteroatoms. The third kappa shape index (κ3) is 5.20. The van der Waals surface area contributed by atoms with Crippen molar-refractivity contribution in [3.05, 3.63) is 33.5 Å². The van der Waals surface area contributed by atoms with E-state index < -0.39 is 0 Å². The molecule has 1 N–H and O–H groups in total. The predicted octanol–water partition coefficient (Wildman–Crippen LogP) is 3.52. The molecule has 0 atom stereocenters. The van der Waals surface area contributed by atoms with Crippen molar-refractivity contribution in [2.24, 2.45) is 0 Å². The van der Waals surface area contributed by atoms with Gasteiger partial charge in [0.2, 0.25) is 0 Å². The fourth-order valence-electron chi connectivity index (χ4n) is 0.969. The summed E-state index contributed by atoms with van der Waals surface area (Å²) in [5.41, 5.74) is 0. The molecule has 0 aliphatic rings. The Morgan fingerprint density at radius 3 is 3.07 bits per heavy atom. The maximum absolute atomic E-state index is 3.68. The molecule has 0 saturated carbocycles. The van der Waals surface area contributed by atoms with Gasteiger partial charge in [-0.3, -0.25) is 0 Å². The van der Waals surface area contributed by atoms with Crippen LogP contribution >= 0.6 is 39.0 Å². The van der Waals surface area contributed by atoms with Gasteiger partial charge >= 0.3 is 0 Å². The molecule has 0 aliphatic carbocycles. The highest BCUT2D eigenvalue weighted by Crippen LogP contribution is 2.21. The Morgan fingerprint density at radius 2 is 2.43 bits per heavy atom. The van der Waals surface area contributed by atoms with E-state index in [-0.39, 0.29) is 0 Å². The molecule has 14 heavy (non-hydrogen) atoms. The Kier molecular flexibility index (Phi) is 6.60. The summed E-state index contributed by atoms with van der Waals surface area (Å²) in [6.45, 7) is 5.72. The number of hydrogen-bond acceptors (Lipinski definition) is 3. The van der Waals surface area contributed by atoms with Crippen molar-refractivity contribution in [1.29, 1.82) is 0 Å². The predicted molar refractivity (Wildman–Crippen MR) is 71.2 cm³/mol. The zero-order chi connectivity index (χ0) is 10.2. The average Bonchev–Trinajstić information content (AvgIpc) is 2.58. The van der Waals surface area contributed by atoms with Crippen molar-refractivity contribution >= 4 is 39.0 Å². The van der Waals surface area contributed by atoms with Crippen molar-refractivity contribution in [3.63, 3.8) is 0 Å². The van der Waals surface area contributed by atoms with Gasteiger partial charge in [0.15, 0.2) is 0 Å². The number of thiophene rings is 1. The Hall–Kier alpha value is 0.230. The molecule has 1 aromatic heterocycles. The van der Waals surface area contributed by atoms with E-state index in [4.69, 9.17) is 0 Å². The summed E-state index contributed by atoms with van der Waals surface area (Å²) >= 11 is 7.15. The van der Waals surface area contributed by atoms with Gasteiger partial charge in [-0.1, -0.05) is 6.08 Å². The molecule has 0 unspecified atom stereocenters. The number of rotatable bonds is 7. The van der Waals surface area contributed by atoms with Crippen LogP contribution in [-0.4, -0.2) is 18.1 Å². The van der Waals surface area contributed by atoms with Crippen LogP contribution in [0.2, 0.25) is 0 Å². The largest absolute Gasteiger partial charge is 0.311 e. The van der Waals surface area contributed by atoms with Crippen LogP contribution in [0.4, 0.5) is 0 Å². The second-order valence-corrected chi connectivity index (χ2v) is 6.44. The van der Waals surface area contributed by atoms with Gasteiger partial charge in [-0.2, -0.15) is 11.8 Å². The van der Waals surface area contributed by atoms with Gasteiger partial charge in [-0.15, -0.1) is 17.9 Å². The first kappa shape index (κ1) is 12.3. The molecule has 0 bridgehead atoms. The number of hydrogen-bond donors (Lipinski definition) is 1. The van der Waals surface area contributed by atoms with E-state index in [0.717, 1.165) is 24.6 Å². The zero-order valence-electron chi connectivity index (χ0n) is 7.96. The van der Waals surface area contributed by atoms with E-state index in [1.54, 1.807) is 11.3 Å². The summed E-state index contributed by atoms with van der Waals surface area (Å²) in [4.78, 5) is 1.38. The molecule has 0 aromatic carbocycles. The zero-order valence-corrected chi connectivity index (χ0v) is 11.2. The molecule has 1 rings (SSSR count). The van der Waals surface area contributed by atoms with Gasteiger partial charge in [-0.05, 0) is 28.1 Å². The average molecular weight is 292 g/mol. The summed E-state index contributed by atoms with van der Waals surface area (Å²) in [5.74, 6) is 2.20. The maximum atomic E-state index is 3.68. The number of nitrogens with one attached hydrogen (secondary N) is 1. The van der Waals surface area contributed by atoms with Crippen LogP contribution in [0, 0.1) is 0 Å². The van der Waals surface area contributed by atoms with Crippen LogP contribution in [0.25, 0.3) is 0 Å². The fourth-order valence-corrected chi connectivity index (χ4v) is 3.04. The van der Waals surface area contributed by atoms with Gasteiger partial charge in [-0.25, -0.2) is 0 Å². The van der Waals surface area contributed by atoms with Gasteiger partial charge in [0.05, 0.1) is 3.79 Å². The second kappa shape index (κ2) is 7.51. The first-order valence-corrected chi connectivity index (χ1v) is 7.23. The Morgan fingerprint density at radius 1 is 1.57 bits per heavy atom. The Balaban J connectivity index is 2.01. The highest BCUT2D eigenvalue weighted by molar-refractivity contribution is 9.11. The van der Waals surface area contributed by atoms with E-state index in [0.29, 0.717) is 0 Å². The standard InChI is InChI=1S/C10H14BrNS2/c1-2-6-13-7-5-12-8-9-3-4-10(11)14-9/h2-4,12H,1,5-8H2. The van der Waals surface area contributed by atoms with Gasteiger partial charge in [0.25, 0.3) is 0 Å². The fraction of sp³-hybridized carbons (Fsp3) is 0.400. The van der Waals surface area contributed by atoms with Crippen molar-refractivity contribution in [1.82, 2.24) is 5.32 Å². The van der Waals surface area contributed by atoms with E-state index in [1.165, 1.54) is 8.66 Å². The monoisotopic (exact) mass is 291 g/mol. The molecule has 0 spiro atoms. The van der Waals surface area contributed by atoms with Crippen molar-refractivity contribution in [3.8, 4) is 0 Å². The minimum Gasteiger partial charge on any atom is -0.311 e. The van der Waals surface area contributed by atoms with E-state index >= 15 is 0 Å². The van der Waals surface area contributed by atoms with Crippen LogP contribution in [0.1, 0.15) is 4.88 Å².